The molecular formula is C21H16N2O2S. The molecule has 3 aromatic rings. The Labute approximate surface area is 156 Å². The zero-order valence-corrected chi connectivity index (χ0v) is 14.9. The number of nitrogens with zero attached hydrogens (tertiary/aromatic N) is 1. The van der Waals surface area contributed by atoms with E-state index in [0.717, 1.165) is 10.5 Å². The number of aryl methyl sites for hydroxylation is 1. The number of hydrogen-bond acceptors (Lipinski definition) is 4. The van der Waals surface area contributed by atoms with Crippen LogP contribution in [0.4, 0.5) is 5.69 Å². The van der Waals surface area contributed by atoms with Crippen molar-refractivity contribution in [2.45, 2.75) is 16.9 Å². The van der Waals surface area contributed by atoms with Crippen LogP contribution < -0.4 is 5.32 Å². The molecule has 5 heteroatoms. The molecule has 2 aromatic carbocycles. The lowest BCUT2D eigenvalue weighted by Crippen LogP contribution is -2.13. The Morgan fingerprint density at radius 3 is 2.50 bits per heavy atom. The molecule has 4 nitrogen and oxygen atoms in total. The average Bonchev–Trinajstić information content (AvgIpc) is 3.09. The largest absolute Gasteiger partial charge is 0.450 e. The van der Waals surface area contributed by atoms with E-state index in [1.807, 2.05) is 61.5 Å². The second kappa shape index (κ2) is 8.24. The second-order valence-corrected chi connectivity index (χ2v) is 6.64. The fraction of sp³-hybridized carbons (Fsp3) is 0.0476. The van der Waals surface area contributed by atoms with Gasteiger partial charge in [-0.25, -0.2) is 0 Å². The maximum atomic E-state index is 12.3. The third-order valence-corrected chi connectivity index (χ3v) is 4.45. The van der Waals surface area contributed by atoms with E-state index in [9.17, 15) is 10.1 Å². The maximum Gasteiger partial charge on any atom is 0.266 e. The van der Waals surface area contributed by atoms with Crippen molar-refractivity contribution in [1.29, 1.82) is 5.26 Å². The predicted molar refractivity (Wildman–Crippen MR) is 103 cm³/mol. The van der Waals surface area contributed by atoms with Crippen LogP contribution in [-0.4, -0.2) is 5.91 Å². The van der Waals surface area contributed by atoms with Gasteiger partial charge >= 0.3 is 0 Å². The molecule has 0 saturated heterocycles. The first-order valence-corrected chi connectivity index (χ1v) is 8.78. The van der Waals surface area contributed by atoms with Crippen molar-refractivity contribution in [3.8, 4) is 6.07 Å². The normalized spacial score (nSPS) is 11.0. The first-order chi connectivity index (χ1) is 12.6. The van der Waals surface area contributed by atoms with E-state index >= 15 is 0 Å². The molecule has 0 unspecified atom stereocenters. The van der Waals surface area contributed by atoms with Gasteiger partial charge in [-0.05, 0) is 43.3 Å². The van der Waals surface area contributed by atoms with Crippen LogP contribution in [-0.2, 0) is 4.79 Å². The highest BCUT2D eigenvalue weighted by Crippen LogP contribution is 2.29. The van der Waals surface area contributed by atoms with Gasteiger partial charge in [-0.3, -0.25) is 4.79 Å². The molecule has 3 rings (SSSR count). The summed E-state index contributed by atoms with van der Waals surface area (Å²) in [7, 11) is 0. The minimum atomic E-state index is -0.468. The summed E-state index contributed by atoms with van der Waals surface area (Å²) in [5.74, 6) is -0.0101. The second-order valence-electron chi connectivity index (χ2n) is 5.56. The molecule has 0 aliphatic heterocycles. The van der Waals surface area contributed by atoms with Crippen LogP contribution in [0.5, 0.6) is 0 Å². The topological polar surface area (TPSA) is 66.0 Å². The number of carbonyl (C=O) groups excluding carboxylic acids is 1. The van der Waals surface area contributed by atoms with Crippen molar-refractivity contribution >= 4 is 29.4 Å². The standard InChI is InChI=1S/C21H16N2O2S/c1-15-7-9-17(10-8-15)23-21(24)16(14-22)13-18-11-12-20(25-18)26-19-5-3-2-4-6-19/h2-13H,1H3,(H,23,24). The van der Waals surface area contributed by atoms with E-state index in [1.165, 1.54) is 17.8 Å². The first kappa shape index (κ1) is 17.6. The summed E-state index contributed by atoms with van der Waals surface area (Å²) >= 11 is 1.48. The highest BCUT2D eigenvalue weighted by molar-refractivity contribution is 7.99. The molecule has 0 aliphatic rings. The number of furan rings is 1. The highest BCUT2D eigenvalue weighted by atomic mass is 32.2. The van der Waals surface area contributed by atoms with E-state index < -0.39 is 5.91 Å². The molecule has 0 aliphatic carbocycles. The van der Waals surface area contributed by atoms with E-state index in [1.54, 1.807) is 18.2 Å². The van der Waals surface area contributed by atoms with Crippen LogP contribution in [0.25, 0.3) is 6.08 Å². The lowest BCUT2D eigenvalue weighted by atomic mass is 10.2. The lowest BCUT2D eigenvalue weighted by molar-refractivity contribution is -0.112. The monoisotopic (exact) mass is 360 g/mol. The van der Waals surface area contributed by atoms with Crippen LogP contribution in [0.3, 0.4) is 0 Å². The fourth-order valence-electron chi connectivity index (χ4n) is 2.20. The number of anilines is 1. The molecule has 1 N–H and O–H groups in total. The van der Waals surface area contributed by atoms with E-state index in [2.05, 4.69) is 5.32 Å². The van der Waals surface area contributed by atoms with Crippen molar-refractivity contribution in [3.05, 3.63) is 83.6 Å². The van der Waals surface area contributed by atoms with Gasteiger partial charge in [-0.15, -0.1) is 0 Å². The van der Waals surface area contributed by atoms with Gasteiger partial charge < -0.3 is 9.73 Å². The summed E-state index contributed by atoms with van der Waals surface area (Å²) in [5, 5.41) is 12.7. The molecule has 1 aromatic heterocycles. The molecule has 1 amide bonds. The minimum Gasteiger partial charge on any atom is -0.450 e. The molecule has 26 heavy (non-hydrogen) atoms. The van der Waals surface area contributed by atoms with E-state index in [0.29, 0.717) is 16.5 Å². The summed E-state index contributed by atoms with van der Waals surface area (Å²) in [6.45, 7) is 1.97. The van der Waals surface area contributed by atoms with Gasteiger partial charge in [-0.1, -0.05) is 47.7 Å². The summed E-state index contributed by atoms with van der Waals surface area (Å²) in [5.41, 5.74) is 1.72. The third-order valence-electron chi connectivity index (χ3n) is 3.52. The quantitative estimate of drug-likeness (QED) is 0.496. The molecule has 1 heterocycles. The van der Waals surface area contributed by atoms with Crippen LogP contribution >= 0.6 is 11.8 Å². The molecule has 0 saturated carbocycles. The zero-order chi connectivity index (χ0) is 18.4. The van der Waals surface area contributed by atoms with Crippen molar-refractivity contribution in [2.75, 3.05) is 5.32 Å². The number of rotatable bonds is 5. The number of benzene rings is 2. The van der Waals surface area contributed by atoms with Gasteiger partial charge in [0, 0.05) is 16.7 Å². The van der Waals surface area contributed by atoms with Gasteiger partial charge in [-0.2, -0.15) is 5.26 Å². The summed E-state index contributed by atoms with van der Waals surface area (Å²) in [4.78, 5) is 13.3. The van der Waals surface area contributed by atoms with Crippen molar-refractivity contribution < 1.29 is 9.21 Å². The Kier molecular flexibility index (Phi) is 5.57. The maximum absolute atomic E-state index is 12.3. The SMILES string of the molecule is Cc1ccc(NC(=O)C(C#N)=Cc2ccc(Sc3ccccc3)o2)cc1. The predicted octanol–water partition coefficient (Wildman–Crippen LogP) is 5.28. The molecule has 0 bridgehead atoms. The lowest BCUT2D eigenvalue weighted by Gasteiger charge is -2.04. The number of hydrogen-bond donors (Lipinski definition) is 1. The van der Waals surface area contributed by atoms with Gasteiger partial charge in [0.15, 0.2) is 5.09 Å². The highest BCUT2D eigenvalue weighted by Gasteiger charge is 2.11. The summed E-state index contributed by atoms with van der Waals surface area (Å²) < 4.78 is 5.69. The fourth-order valence-corrected chi connectivity index (χ4v) is 3.00. The Bertz CT molecular complexity index is 967. The van der Waals surface area contributed by atoms with Crippen LogP contribution in [0.1, 0.15) is 11.3 Å². The van der Waals surface area contributed by atoms with Crippen molar-refractivity contribution in [2.24, 2.45) is 0 Å². The van der Waals surface area contributed by atoms with Crippen molar-refractivity contribution in [1.82, 2.24) is 0 Å². The van der Waals surface area contributed by atoms with Crippen LogP contribution in [0.2, 0.25) is 0 Å². The number of carbonyl (C=O) groups is 1. The molecule has 0 radical (unpaired) electrons. The summed E-state index contributed by atoms with van der Waals surface area (Å²) in [6.07, 6.45) is 1.44. The zero-order valence-electron chi connectivity index (χ0n) is 14.1. The van der Waals surface area contributed by atoms with Crippen LogP contribution in [0, 0.1) is 18.3 Å². The van der Waals surface area contributed by atoms with E-state index in [4.69, 9.17) is 4.42 Å². The molecule has 0 fully saturated rings. The minimum absolute atomic E-state index is 0.0174. The van der Waals surface area contributed by atoms with Crippen LogP contribution in [0.15, 0.2) is 86.7 Å². The average molecular weight is 360 g/mol. The number of nitriles is 1. The van der Waals surface area contributed by atoms with Crippen molar-refractivity contribution in [3.63, 3.8) is 0 Å². The molecule has 0 atom stereocenters. The Hall–Kier alpha value is -3.23. The van der Waals surface area contributed by atoms with Gasteiger partial charge in [0.2, 0.25) is 0 Å². The molecule has 128 valence electrons. The van der Waals surface area contributed by atoms with Gasteiger partial charge in [0.05, 0.1) is 0 Å². The number of amides is 1. The Balaban J connectivity index is 1.71. The Morgan fingerprint density at radius 2 is 1.81 bits per heavy atom. The smallest absolute Gasteiger partial charge is 0.266 e. The molecule has 0 spiro atoms. The number of nitrogens with one attached hydrogen (secondary N) is 1. The van der Waals surface area contributed by atoms with Gasteiger partial charge in [0.1, 0.15) is 17.4 Å². The van der Waals surface area contributed by atoms with E-state index in [-0.39, 0.29) is 5.57 Å². The Morgan fingerprint density at radius 1 is 1.08 bits per heavy atom. The summed E-state index contributed by atoms with van der Waals surface area (Å²) in [6, 6.07) is 22.7. The van der Waals surface area contributed by atoms with Gasteiger partial charge in [0.25, 0.3) is 5.91 Å². The molecular weight excluding hydrogens is 344 g/mol. The third kappa shape index (κ3) is 4.65. The first-order valence-electron chi connectivity index (χ1n) is 7.96.